The molecule has 0 rings (SSSR count). The highest BCUT2D eigenvalue weighted by molar-refractivity contribution is 8.76. The highest BCUT2D eigenvalue weighted by Gasteiger charge is 2.31. The fourth-order valence-electron chi connectivity index (χ4n) is 2.17. The molecule has 0 heterocycles. The van der Waals surface area contributed by atoms with Crippen LogP contribution in [0.5, 0.6) is 0 Å². The maximum atomic E-state index is 11.7. The van der Waals surface area contributed by atoms with Gasteiger partial charge in [0.25, 0.3) is 0 Å². The van der Waals surface area contributed by atoms with Crippen molar-refractivity contribution in [3.63, 3.8) is 0 Å². The maximum absolute atomic E-state index is 11.7. The molecule has 1 amide bonds. The van der Waals surface area contributed by atoms with Gasteiger partial charge >= 0.3 is 0 Å². The van der Waals surface area contributed by atoms with Crippen molar-refractivity contribution >= 4 is 35.6 Å². The molecule has 0 aliphatic rings. The average Bonchev–Trinajstić information content (AvgIpc) is 2.61. The van der Waals surface area contributed by atoms with E-state index in [1.54, 1.807) is 0 Å². The van der Waals surface area contributed by atoms with E-state index in [0.717, 1.165) is 11.7 Å². The van der Waals surface area contributed by atoms with Crippen molar-refractivity contribution in [2.24, 2.45) is 11.8 Å². The Labute approximate surface area is 188 Å². The fraction of sp³-hybridized carbons (Fsp3) is 0.864. The van der Waals surface area contributed by atoms with E-state index >= 15 is 0 Å². The van der Waals surface area contributed by atoms with Crippen molar-refractivity contribution in [2.75, 3.05) is 32.1 Å². The third-order valence-corrected chi connectivity index (χ3v) is 10.5. The van der Waals surface area contributed by atoms with E-state index in [2.05, 4.69) is 57.6 Å². The van der Waals surface area contributed by atoms with E-state index in [1.807, 2.05) is 35.4 Å². The van der Waals surface area contributed by atoms with E-state index < -0.39 is 8.07 Å². The molecule has 0 aliphatic carbocycles. The fourth-order valence-corrected chi connectivity index (χ4v) is 7.35. The highest BCUT2D eigenvalue weighted by Crippen LogP contribution is 2.39. The number of carbonyl (C=O) groups excluding carboxylic acids is 1. The Morgan fingerprint density at radius 1 is 1.10 bits per heavy atom. The van der Waals surface area contributed by atoms with E-state index in [0.29, 0.717) is 31.2 Å². The SMILES string of the molecule is CC(C)C#CCNC(=O)COCCOC(SSCCCC(C)C)C(C)[Si](C)(C)C. The topological polar surface area (TPSA) is 47.6 Å². The van der Waals surface area contributed by atoms with Gasteiger partial charge in [-0.1, -0.05) is 94.1 Å². The third kappa shape index (κ3) is 17.3. The van der Waals surface area contributed by atoms with Gasteiger partial charge in [-0.05, 0) is 17.9 Å². The molecule has 4 nitrogen and oxygen atoms in total. The molecule has 0 bridgehead atoms. The molecular formula is C22H43NO3S2Si. The molecule has 170 valence electrons. The van der Waals surface area contributed by atoms with Crippen LogP contribution in [0.1, 0.15) is 47.5 Å². The summed E-state index contributed by atoms with van der Waals surface area (Å²) in [7, 11) is 2.49. The molecule has 0 radical (unpaired) electrons. The molecule has 0 fully saturated rings. The Kier molecular flexibility index (Phi) is 16.5. The maximum Gasteiger partial charge on any atom is 0.246 e. The largest absolute Gasteiger partial charge is 0.369 e. The number of carbonyl (C=O) groups is 1. The summed E-state index contributed by atoms with van der Waals surface area (Å²) in [5.41, 5.74) is 0.724. The zero-order valence-corrected chi connectivity index (χ0v) is 22.4. The number of hydrogen-bond acceptors (Lipinski definition) is 5. The number of hydrogen-bond donors (Lipinski definition) is 1. The summed E-state index contributed by atoms with van der Waals surface area (Å²) in [6, 6.07) is 0. The van der Waals surface area contributed by atoms with Crippen LogP contribution < -0.4 is 5.32 Å². The summed E-state index contributed by atoms with van der Waals surface area (Å²) in [5, 5.41) is 2.74. The Morgan fingerprint density at radius 2 is 1.79 bits per heavy atom. The summed E-state index contributed by atoms with van der Waals surface area (Å²) < 4.78 is 11.6. The molecule has 0 aromatic carbocycles. The van der Waals surface area contributed by atoms with Crippen LogP contribution >= 0.6 is 21.6 Å². The summed E-state index contributed by atoms with van der Waals surface area (Å²) in [5.74, 6) is 8.06. The molecule has 0 saturated heterocycles. The molecular weight excluding hydrogens is 418 g/mol. The lowest BCUT2D eigenvalue weighted by Crippen LogP contribution is -2.34. The minimum absolute atomic E-state index is 0.0536. The van der Waals surface area contributed by atoms with Gasteiger partial charge < -0.3 is 14.8 Å². The van der Waals surface area contributed by atoms with Gasteiger partial charge in [-0.3, -0.25) is 4.79 Å². The molecule has 0 aromatic rings. The molecule has 0 saturated carbocycles. The zero-order chi connectivity index (χ0) is 22.3. The monoisotopic (exact) mass is 461 g/mol. The lowest BCUT2D eigenvalue weighted by atomic mass is 10.1. The second-order valence-electron chi connectivity index (χ2n) is 9.15. The molecule has 0 spiro atoms. The number of amides is 1. The number of rotatable bonds is 15. The minimum Gasteiger partial charge on any atom is -0.369 e. The van der Waals surface area contributed by atoms with Gasteiger partial charge in [0.2, 0.25) is 5.91 Å². The average molecular weight is 462 g/mol. The van der Waals surface area contributed by atoms with E-state index in [-0.39, 0.29) is 18.0 Å². The first-order valence-electron chi connectivity index (χ1n) is 10.8. The first kappa shape index (κ1) is 28.9. The predicted octanol–water partition coefficient (Wildman–Crippen LogP) is 5.67. The van der Waals surface area contributed by atoms with Crippen LogP contribution in [0.15, 0.2) is 0 Å². The van der Waals surface area contributed by atoms with Crippen LogP contribution in [-0.2, 0) is 14.3 Å². The van der Waals surface area contributed by atoms with Crippen molar-refractivity contribution in [1.82, 2.24) is 5.32 Å². The normalized spacial score (nSPS) is 13.9. The highest BCUT2D eigenvalue weighted by atomic mass is 33.1. The van der Waals surface area contributed by atoms with Gasteiger partial charge in [-0.15, -0.1) is 0 Å². The quantitative estimate of drug-likeness (QED) is 0.112. The molecule has 29 heavy (non-hydrogen) atoms. The van der Waals surface area contributed by atoms with Gasteiger partial charge in [0.15, 0.2) is 0 Å². The van der Waals surface area contributed by atoms with Gasteiger partial charge in [0.05, 0.1) is 27.8 Å². The van der Waals surface area contributed by atoms with Crippen LogP contribution in [0, 0.1) is 23.7 Å². The summed E-state index contributed by atoms with van der Waals surface area (Å²) in [4.78, 5) is 11.7. The van der Waals surface area contributed by atoms with Gasteiger partial charge in [0.1, 0.15) is 12.0 Å². The smallest absolute Gasteiger partial charge is 0.246 e. The van der Waals surface area contributed by atoms with Crippen molar-refractivity contribution in [3.05, 3.63) is 0 Å². The van der Waals surface area contributed by atoms with Crippen LogP contribution in [0.2, 0.25) is 25.2 Å². The molecule has 1 N–H and O–H groups in total. The Morgan fingerprint density at radius 3 is 2.38 bits per heavy atom. The summed E-state index contributed by atoms with van der Waals surface area (Å²) in [6.07, 6.45) is 2.53. The third-order valence-electron chi connectivity index (χ3n) is 4.45. The Balaban J connectivity index is 4.16. The lowest BCUT2D eigenvalue weighted by molar-refractivity contribution is -0.126. The number of ether oxygens (including phenoxy) is 2. The van der Waals surface area contributed by atoms with Crippen molar-refractivity contribution in [1.29, 1.82) is 0 Å². The lowest BCUT2D eigenvalue weighted by Gasteiger charge is -2.32. The van der Waals surface area contributed by atoms with Crippen LogP contribution in [0.3, 0.4) is 0 Å². The predicted molar refractivity (Wildman–Crippen MR) is 133 cm³/mol. The van der Waals surface area contributed by atoms with Crippen LogP contribution in [0.4, 0.5) is 0 Å². The second-order valence-corrected chi connectivity index (χ2v) is 17.4. The van der Waals surface area contributed by atoms with Crippen molar-refractivity contribution in [2.45, 2.75) is 78.1 Å². The molecule has 0 aromatic heterocycles. The Bertz CT molecular complexity index is 499. The van der Waals surface area contributed by atoms with Crippen molar-refractivity contribution < 1.29 is 14.3 Å². The zero-order valence-electron chi connectivity index (χ0n) is 19.8. The molecule has 7 heteroatoms. The van der Waals surface area contributed by atoms with Gasteiger partial charge in [-0.25, -0.2) is 0 Å². The van der Waals surface area contributed by atoms with E-state index in [4.69, 9.17) is 9.47 Å². The standard InChI is InChI=1S/C22H43NO3S2Si/c1-18(2)11-9-13-23-21(24)17-25-14-15-26-22(20(5)29(6,7)8)28-27-16-10-12-19(3)4/h18-20,22H,10,12-17H2,1-8H3,(H,23,24). The molecule has 2 unspecified atom stereocenters. The summed E-state index contributed by atoms with van der Waals surface area (Å²) in [6.45, 7) is 19.4. The molecule has 2 atom stereocenters. The van der Waals surface area contributed by atoms with Crippen molar-refractivity contribution in [3.8, 4) is 11.8 Å². The summed E-state index contributed by atoms with van der Waals surface area (Å²) >= 11 is 0. The first-order valence-corrected chi connectivity index (χ1v) is 16.7. The van der Waals surface area contributed by atoms with E-state index in [1.165, 1.54) is 12.8 Å². The van der Waals surface area contributed by atoms with E-state index in [9.17, 15) is 4.79 Å². The van der Waals surface area contributed by atoms with Crippen LogP contribution in [-0.4, -0.2) is 51.5 Å². The molecule has 0 aliphatic heterocycles. The van der Waals surface area contributed by atoms with Gasteiger partial charge in [0, 0.05) is 11.7 Å². The van der Waals surface area contributed by atoms with Crippen LogP contribution in [0.25, 0.3) is 0 Å². The van der Waals surface area contributed by atoms with Gasteiger partial charge in [-0.2, -0.15) is 0 Å². The Hall–Kier alpha value is -0.133. The number of nitrogens with one attached hydrogen (secondary N) is 1. The first-order chi connectivity index (χ1) is 13.5. The second kappa shape index (κ2) is 16.5. The minimum atomic E-state index is -1.30.